The lowest BCUT2D eigenvalue weighted by Gasteiger charge is -2.36. The van der Waals surface area contributed by atoms with Crippen LogP contribution in [0.1, 0.15) is 19.4 Å². The molecule has 1 fully saturated rings. The van der Waals surface area contributed by atoms with Crippen molar-refractivity contribution < 1.29 is 4.74 Å². The molecule has 8 nitrogen and oxygen atoms in total. The van der Waals surface area contributed by atoms with Crippen LogP contribution in [-0.4, -0.2) is 40.2 Å². The molecule has 0 radical (unpaired) electrons. The first-order valence-electron chi connectivity index (χ1n) is 11.4. The molecule has 5 rings (SSSR count). The highest BCUT2D eigenvalue weighted by Crippen LogP contribution is 2.29. The molecule has 0 saturated carbocycles. The number of benzene rings is 1. The number of aromatic nitrogens is 3. The van der Waals surface area contributed by atoms with Gasteiger partial charge in [0.05, 0.1) is 23.3 Å². The summed E-state index contributed by atoms with van der Waals surface area (Å²) in [4.78, 5) is 26.8. The zero-order valence-corrected chi connectivity index (χ0v) is 19.5. The molecule has 2 unspecified atom stereocenters. The van der Waals surface area contributed by atoms with Crippen molar-refractivity contribution in [1.29, 1.82) is 0 Å². The van der Waals surface area contributed by atoms with E-state index in [4.69, 9.17) is 15.5 Å². The van der Waals surface area contributed by atoms with Gasteiger partial charge in [0.25, 0.3) is 5.56 Å². The molecule has 1 aromatic carbocycles. The minimum Gasteiger partial charge on any atom is -0.383 e. The number of nitrogens with two attached hydrogens (primary N) is 1. The zero-order valence-electron chi connectivity index (χ0n) is 19.5. The first-order valence-corrected chi connectivity index (χ1v) is 11.4. The van der Waals surface area contributed by atoms with Gasteiger partial charge < -0.3 is 25.7 Å². The Morgan fingerprint density at radius 2 is 1.85 bits per heavy atom. The Labute approximate surface area is 197 Å². The van der Waals surface area contributed by atoms with Crippen LogP contribution in [-0.2, 0) is 4.74 Å². The van der Waals surface area contributed by atoms with Gasteiger partial charge in [-0.1, -0.05) is 0 Å². The number of nitrogens with zero attached hydrogens (tertiary/aromatic N) is 3. The van der Waals surface area contributed by atoms with E-state index in [2.05, 4.69) is 46.2 Å². The summed E-state index contributed by atoms with van der Waals surface area (Å²) in [6.45, 7) is 7.82. The van der Waals surface area contributed by atoms with Gasteiger partial charge in [0.1, 0.15) is 11.6 Å². The number of aryl methyl sites for hydroxylation is 1. The maximum atomic E-state index is 12.7. The lowest BCUT2D eigenvalue weighted by Crippen LogP contribution is -2.45. The number of aromatic amines is 1. The van der Waals surface area contributed by atoms with E-state index in [1.165, 1.54) is 0 Å². The maximum absolute atomic E-state index is 12.7. The van der Waals surface area contributed by atoms with E-state index in [9.17, 15) is 4.79 Å². The smallest absolute Gasteiger partial charge is 0.259 e. The summed E-state index contributed by atoms with van der Waals surface area (Å²) in [5.74, 6) is 0.980. The van der Waals surface area contributed by atoms with E-state index in [-0.39, 0.29) is 17.8 Å². The normalized spacial score (nSPS) is 18.3. The Bertz CT molecular complexity index is 1390. The molecule has 8 heteroatoms. The standard InChI is InChI=1S/C26H28N6O2/c1-15-10-19(12-29-24(15)27)22-11-18-8-9-28-26(33)23(18)25(31-22)30-20-4-6-21(7-5-20)32-13-16(2)34-17(3)14-32/h4-12,16-17H,13-14H2,1-3H3,(H2,27,29)(H,28,33)(H,30,31). The van der Waals surface area contributed by atoms with Crippen LogP contribution in [0.5, 0.6) is 0 Å². The molecule has 0 spiro atoms. The second-order valence-corrected chi connectivity index (χ2v) is 8.89. The lowest BCUT2D eigenvalue weighted by molar-refractivity contribution is -0.00521. The fourth-order valence-electron chi connectivity index (χ4n) is 4.46. The van der Waals surface area contributed by atoms with Crippen molar-refractivity contribution in [2.75, 3.05) is 29.0 Å². The summed E-state index contributed by atoms with van der Waals surface area (Å²) in [6.07, 6.45) is 3.73. The van der Waals surface area contributed by atoms with Crippen molar-refractivity contribution in [3.8, 4) is 11.3 Å². The minimum absolute atomic E-state index is 0.193. The monoisotopic (exact) mass is 456 g/mol. The Morgan fingerprint density at radius 3 is 2.56 bits per heavy atom. The van der Waals surface area contributed by atoms with Crippen LogP contribution in [0.25, 0.3) is 22.0 Å². The summed E-state index contributed by atoms with van der Waals surface area (Å²) in [5.41, 5.74) is 10.1. The number of nitrogen functional groups attached to an aromatic ring is 1. The van der Waals surface area contributed by atoms with Crippen molar-refractivity contribution in [1.82, 2.24) is 15.0 Å². The molecule has 2 atom stereocenters. The van der Waals surface area contributed by atoms with Crippen molar-refractivity contribution >= 4 is 33.8 Å². The highest BCUT2D eigenvalue weighted by molar-refractivity contribution is 5.95. The van der Waals surface area contributed by atoms with Gasteiger partial charge in [-0.2, -0.15) is 0 Å². The van der Waals surface area contributed by atoms with E-state index in [1.807, 2.05) is 37.3 Å². The number of pyridine rings is 3. The van der Waals surface area contributed by atoms with E-state index < -0.39 is 0 Å². The largest absolute Gasteiger partial charge is 0.383 e. The molecular formula is C26H28N6O2. The second-order valence-electron chi connectivity index (χ2n) is 8.89. The highest BCUT2D eigenvalue weighted by Gasteiger charge is 2.22. The molecule has 174 valence electrons. The van der Waals surface area contributed by atoms with Gasteiger partial charge in [-0.05, 0) is 74.2 Å². The Morgan fingerprint density at radius 1 is 1.12 bits per heavy atom. The lowest BCUT2D eigenvalue weighted by atomic mass is 10.1. The van der Waals surface area contributed by atoms with Crippen LogP contribution in [0.3, 0.4) is 0 Å². The first-order chi connectivity index (χ1) is 16.4. The average Bonchev–Trinajstić information content (AvgIpc) is 2.80. The average molecular weight is 457 g/mol. The molecule has 0 aliphatic carbocycles. The van der Waals surface area contributed by atoms with Crippen LogP contribution >= 0.6 is 0 Å². The predicted molar refractivity (Wildman–Crippen MR) is 137 cm³/mol. The molecule has 1 aliphatic heterocycles. The number of morpholine rings is 1. The number of nitrogens with one attached hydrogen (secondary N) is 2. The van der Waals surface area contributed by atoms with E-state index >= 15 is 0 Å². The van der Waals surface area contributed by atoms with Gasteiger partial charge in [0.15, 0.2) is 0 Å². The molecule has 0 bridgehead atoms. The van der Waals surface area contributed by atoms with E-state index in [0.29, 0.717) is 22.7 Å². The number of ether oxygens (including phenoxy) is 1. The van der Waals surface area contributed by atoms with Gasteiger partial charge in [0.2, 0.25) is 0 Å². The molecule has 34 heavy (non-hydrogen) atoms. The van der Waals surface area contributed by atoms with Crippen LogP contribution in [0, 0.1) is 6.92 Å². The highest BCUT2D eigenvalue weighted by atomic mass is 16.5. The van der Waals surface area contributed by atoms with Crippen molar-refractivity contribution in [3.63, 3.8) is 0 Å². The number of anilines is 4. The molecule has 1 aliphatic rings. The maximum Gasteiger partial charge on any atom is 0.259 e. The SMILES string of the molecule is Cc1cc(-c2cc3cc[nH]c(=O)c3c(Nc3ccc(N4CC(C)OC(C)C4)cc3)n2)cnc1N. The van der Waals surface area contributed by atoms with Gasteiger partial charge >= 0.3 is 0 Å². The number of fused-ring (bicyclic) bond motifs is 1. The predicted octanol–water partition coefficient (Wildman–Crippen LogP) is 4.23. The number of rotatable bonds is 4. The van der Waals surface area contributed by atoms with Crippen molar-refractivity contribution in [2.24, 2.45) is 0 Å². The molecule has 4 heterocycles. The molecule has 1 saturated heterocycles. The fourth-order valence-corrected chi connectivity index (χ4v) is 4.46. The third-order valence-corrected chi connectivity index (χ3v) is 6.08. The summed E-state index contributed by atoms with van der Waals surface area (Å²) < 4.78 is 5.85. The van der Waals surface area contributed by atoms with Gasteiger partial charge in [0, 0.05) is 42.4 Å². The molecule has 3 aromatic heterocycles. The zero-order chi connectivity index (χ0) is 23.8. The fraction of sp³-hybridized carbons (Fsp3) is 0.269. The molecule has 4 aromatic rings. The minimum atomic E-state index is -0.196. The third kappa shape index (κ3) is 4.32. The van der Waals surface area contributed by atoms with Crippen LogP contribution in [0.2, 0.25) is 0 Å². The van der Waals surface area contributed by atoms with Crippen LogP contribution in [0.4, 0.5) is 23.0 Å². The third-order valence-electron chi connectivity index (χ3n) is 6.08. The van der Waals surface area contributed by atoms with Gasteiger partial charge in [-0.3, -0.25) is 4.79 Å². The van der Waals surface area contributed by atoms with Gasteiger partial charge in [-0.15, -0.1) is 0 Å². The van der Waals surface area contributed by atoms with Crippen molar-refractivity contribution in [2.45, 2.75) is 33.0 Å². The van der Waals surface area contributed by atoms with Crippen molar-refractivity contribution in [3.05, 3.63) is 70.8 Å². The topological polar surface area (TPSA) is 109 Å². The molecule has 4 N–H and O–H groups in total. The van der Waals surface area contributed by atoms with Gasteiger partial charge in [-0.25, -0.2) is 9.97 Å². The summed E-state index contributed by atoms with van der Waals surface area (Å²) >= 11 is 0. The van der Waals surface area contributed by atoms with E-state index in [0.717, 1.165) is 41.0 Å². The first kappa shape index (κ1) is 21.9. The number of hydrogen-bond acceptors (Lipinski definition) is 7. The number of hydrogen-bond donors (Lipinski definition) is 3. The number of H-pyrrole nitrogens is 1. The summed E-state index contributed by atoms with van der Waals surface area (Å²) in [7, 11) is 0. The Hall–Kier alpha value is -3.91. The molecular weight excluding hydrogens is 428 g/mol. The van der Waals surface area contributed by atoms with E-state index in [1.54, 1.807) is 12.4 Å². The Balaban J connectivity index is 1.50. The summed E-state index contributed by atoms with van der Waals surface area (Å²) in [6, 6.07) is 13.9. The van der Waals surface area contributed by atoms with Crippen LogP contribution in [0.15, 0.2) is 59.7 Å². The second kappa shape index (κ2) is 8.79. The molecule has 0 amide bonds. The van der Waals surface area contributed by atoms with Crippen LogP contribution < -0.4 is 21.5 Å². The Kier molecular flexibility index (Phi) is 5.67. The summed E-state index contributed by atoms with van der Waals surface area (Å²) in [5, 5.41) is 4.65. The quantitative estimate of drug-likeness (QED) is 0.421.